The minimum atomic E-state index is -0.743. The second-order valence-electron chi connectivity index (χ2n) is 8.72. The number of likely N-dealkylation sites (tertiary alicyclic amines) is 1. The van der Waals surface area contributed by atoms with Crippen molar-refractivity contribution in [1.82, 2.24) is 14.7 Å². The van der Waals surface area contributed by atoms with E-state index in [0.717, 1.165) is 37.2 Å². The molecule has 0 N–H and O–H groups in total. The smallest absolute Gasteiger partial charge is 0.337 e. The van der Waals surface area contributed by atoms with Gasteiger partial charge in [-0.05, 0) is 49.4 Å². The maximum absolute atomic E-state index is 13.3. The van der Waals surface area contributed by atoms with Crippen molar-refractivity contribution in [2.75, 3.05) is 33.3 Å². The number of carbonyl (C=O) groups excluding carboxylic acids is 3. The summed E-state index contributed by atoms with van der Waals surface area (Å²) < 4.78 is 4.76. The lowest BCUT2D eigenvalue weighted by Crippen LogP contribution is -2.56. The Hall–Kier alpha value is -3.19. The molecular weight excluding hydrogens is 418 g/mol. The molecule has 174 valence electrons. The summed E-state index contributed by atoms with van der Waals surface area (Å²) in [6.07, 6.45) is 1.99. The minimum absolute atomic E-state index is 0.0508. The highest BCUT2D eigenvalue weighted by atomic mass is 16.5. The molecule has 4 rings (SSSR count). The van der Waals surface area contributed by atoms with Gasteiger partial charge in [-0.3, -0.25) is 14.6 Å². The maximum atomic E-state index is 13.3. The monoisotopic (exact) mass is 449 g/mol. The van der Waals surface area contributed by atoms with Crippen LogP contribution in [-0.2, 0) is 22.5 Å². The third-order valence-electron chi connectivity index (χ3n) is 6.87. The number of ether oxygens (including phenoxy) is 1. The van der Waals surface area contributed by atoms with Crippen LogP contribution in [0.3, 0.4) is 0 Å². The molecule has 2 aliphatic heterocycles. The van der Waals surface area contributed by atoms with E-state index >= 15 is 0 Å². The number of amides is 3. The number of urea groups is 1. The van der Waals surface area contributed by atoms with E-state index in [1.165, 1.54) is 12.0 Å². The van der Waals surface area contributed by atoms with Crippen molar-refractivity contribution in [2.45, 2.75) is 38.3 Å². The van der Waals surface area contributed by atoms with E-state index < -0.39 is 5.54 Å². The van der Waals surface area contributed by atoms with Gasteiger partial charge in [0.25, 0.3) is 5.91 Å². The molecule has 0 unspecified atom stereocenters. The van der Waals surface area contributed by atoms with Crippen LogP contribution in [0.1, 0.15) is 41.3 Å². The number of piperidine rings is 1. The Kier molecular flexibility index (Phi) is 6.79. The van der Waals surface area contributed by atoms with Gasteiger partial charge in [-0.1, -0.05) is 42.5 Å². The van der Waals surface area contributed by atoms with Crippen molar-refractivity contribution in [3.05, 3.63) is 71.3 Å². The van der Waals surface area contributed by atoms with E-state index in [1.54, 1.807) is 12.1 Å². The van der Waals surface area contributed by atoms with Crippen LogP contribution in [0.4, 0.5) is 4.79 Å². The number of carbonyl (C=O) groups is 3. The number of hydrogen-bond donors (Lipinski definition) is 0. The van der Waals surface area contributed by atoms with Gasteiger partial charge in [0.1, 0.15) is 5.54 Å². The van der Waals surface area contributed by atoms with E-state index in [2.05, 4.69) is 17.0 Å². The minimum Gasteiger partial charge on any atom is -0.465 e. The van der Waals surface area contributed by atoms with Crippen molar-refractivity contribution in [1.29, 1.82) is 0 Å². The molecule has 33 heavy (non-hydrogen) atoms. The zero-order chi connectivity index (χ0) is 23.4. The molecule has 0 atom stereocenters. The van der Waals surface area contributed by atoms with Crippen LogP contribution in [0, 0.1) is 0 Å². The van der Waals surface area contributed by atoms with Crippen LogP contribution < -0.4 is 0 Å². The summed E-state index contributed by atoms with van der Waals surface area (Å²) in [5.41, 5.74) is 2.05. The molecule has 0 bridgehead atoms. The molecule has 0 radical (unpaired) electrons. The largest absolute Gasteiger partial charge is 0.465 e. The molecule has 2 aromatic rings. The first-order chi connectivity index (χ1) is 16.0. The first kappa shape index (κ1) is 23.0. The van der Waals surface area contributed by atoms with Crippen molar-refractivity contribution >= 4 is 17.9 Å². The maximum Gasteiger partial charge on any atom is 0.337 e. The van der Waals surface area contributed by atoms with Crippen molar-refractivity contribution < 1.29 is 19.1 Å². The number of rotatable bonds is 7. The van der Waals surface area contributed by atoms with Crippen LogP contribution >= 0.6 is 0 Å². The molecule has 2 fully saturated rings. The van der Waals surface area contributed by atoms with E-state index in [1.807, 2.05) is 42.2 Å². The van der Waals surface area contributed by atoms with E-state index in [0.29, 0.717) is 31.5 Å². The third-order valence-corrected chi connectivity index (χ3v) is 6.87. The van der Waals surface area contributed by atoms with Gasteiger partial charge in [-0.2, -0.15) is 0 Å². The SMILES string of the molecule is CCN1C(=O)N(CCc2ccccc2)C2(CCN(Cc3ccc(C(=O)OC)cc3)CC2)C1=O. The molecule has 7 heteroatoms. The Bertz CT molecular complexity index is 998. The van der Waals surface area contributed by atoms with E-state index in [9.17, 15) is 14.4 Å². The summed E-state index contributed by atoms with van der Waals surface area (Å²) in [4.78, 5) is 43.6. The highest BCUT2D eigenvalue weighted by molar-refractivity contribution is 6.07. The lowest BCUT2D eigenvalue weighted by Gasteiger charge is -2.42. The number of likely N-dealkylation sites (N-methyl/N-ethyl adjacent to an activating group) is 1. The molecule has 0 aliphatic carbocycles. The molecular formula is C26H31N3O4. The summed E-state index contributed by atoms with van der Waals surface area (Å²) in [6.45, 7) is 5.00. The molecule has 2 saturated heterocycles. The Morgan fingerprint density at radius 2 is 1.64 bits per heavy atom. The van der Waals surface area contributed by atoms with E-state index in [4.69, 9.17) is 4.74 Å². The molecule has 7 nitrogen and oxygen atoms in total. The Morgan fingerprint density at radius 3 is 2.24 bits per heavy atom. The van der Waals surface area contributed by atoms with E-state index in [-0.39, 0.29) is 17.9 Å². The fourth-order valence-electron chi connectivity index (χ4n) is 4.94. The van der Waals surface area contributed by atoms with Crippen LogP contribution in [-0.4, -0.2) is 71.4 Å². The number of nitrogens with zero attached hydrogens (tertiary/aromatic N) is 3. The topological polar surface area (TPSA) is 70.2 Å². The van der Waals surface area contributed by atoms with Gasteiger partial charge in [-0.15, -0.1) is 0 Å². The third kappa shape index (κ3) is 4.50. The lowest BCUT2D eigenvalue weighted by molar-refractivity contribution is -0.135. The summed E-state index contributed by atoms with van der Waals surface area (Å²) in [7, 11) is 1.37. The van der Waals surface area contributed by atoms with Gasteiger partial charge < -0.3 is 9.64 Å². The van der Waals surface area contributed by atoms with Gasteiger partial charge in [0.2, 0.25) is 0 Å². The molecule has 3 amide bonds. The molecule has 2 heterocycles. The Balaban J connectivity index is 1.43. The second kappa shape index (κ2) is 9.75. The highest BCUT2D eigenvalue weighted by Gasteiger charge is 2.57. The lowest BCUT2D eigenvalue weighted by atomic mass is 9.85. The Labute approximate surface area is 194 Å². The standard InChI is InChI=1S/C26H31N3O4/c1-3-28-24(31)26(29(25(28)32)16-13-20-7-5-4-6-8-20)14-17-27(18-15-26)19-21-9-11-22(12-10-21)23(30)33-2/h4-12H,3,13-19H2,1-2H3. The first-order valence-electron chi connectivity index (χ1n) is 11.6. The number of imide groups is 1. The van der Waals surface area contributed by atoms with Gasteiger partial charge in [0.05, 0.1) is 12.7 Å². The fourth-order valence-corrected chi connectivity index (χ4v) is 4.94. The first-order valence-corrected chi connectivity index (χ1v) is 11.6. The highest BCUT2D eigenvalue weighted by Crippen LogP contribution is 2.37. The summed E-state index contributed by atoms with van der Waals surface area (Å²) in [5, 5.41) is 0. The number of hydrogen-bond acceptors (Lipinski definition) is 5. The summed E-state index contributed by atoms with van der Waals surface area (Å²) in [6, 6.07) is 17.3. The number of esters is 1. The van der Waals surface area contributed by atoms with Gasteiger partial charge in [-0.25, -0.2) is 9.59 Å². The van der Waals surface area contributed by atoms with Crippen LogP contribution in [0.2, 0.25) is 0 Å². The second-order valence-corrected chi connectivity index (χ2v) is 8.72. The van der Waals surface area contributed by atoms with Crippen LogP contribution in [0.15, 0.2) is 54.6 Å². The van der Waals surface area contributed by atoms with Crippen LogP contribution in [0.5, 0.6) is 0 Å². The molecule has 0 saturated carbocycles. The zero-order valence-electron chi connectivity index (χ0n) is 19.3. The Morgan fingerprint density at radius 1 is 0.970 bits per heavy atom. The molecule has 1 spiro atoms. The van der Waals surface area contributed by atoms with Gasteiger partial charge >= 0.3 is 12.0 Å². The average molecular weight is 450 g/mol. The average Bonchev–Trinajstić information content (AvgIpc) is 3.04. The zero-order valence-corrected chi connectivity index (χ0v) is 19.3. The van der Waals surface area contributed by atoms with Gasteiger partial charge in [0, 0.05) is 32.7 Å². The van der Waals surface area contributed by atoms with Crippen LogP contribution in [0.25, 0.3) is 0 Å². The summed E-state index contributed by atoms with van der Waals surface area (Å²) >= 11 is 0. The van der Waals surface area contributed by atoms with Crippen molar-refractivity contribution in [3.63, 3.8) is 0 Å². The molecule has 0 aromatic heterocycles. The molecule has 2 aromatic carbocycles. The quantitative estimate of drug-likeness (QED) is 0.479. The fraction of sp³-hybridized carbons (Fsp3) is 0.423. The predicted octanol–water partition coefficient (Wildman–Crippen LogP) is 3.33. The number of benzene rings is 2. The van der Waals surface area contributed by atoms with Crippen molar-refractivity contribution in [3.8, 4) is 0 Å². The van der Waals surface area contributed by atoms with Crippen molar-refractivity contribution in [2.24, 2.45) is 0 Å². The number of methoxy groups -OCH3 is 1. The van der Waals surface area contributed by atoms with Gasteiger partial charge in [0.15, 0.2) is 0 Å². The summed E-state index contributed by atoms with van der Waals surface area (Å²) in [5.74, 6) is -0.396. The normalized spacial score (nSPS) is 18.2. The predicted molar refractivity (Wildman–Crippen MR) is 125 cm³/mol. The molecule has 2 aliphatic rings.